The molecule has 1 rings (SSSR count). The van der Waals surface area contributed by atoms with Crippen molar-refractivity contribution in [3.8, 4) is 0 Å². The fourth-order valence-corrected chi connectivity index (χ4v) is 7.20. The molecule has 8 unspecified atom stereocenters. The average molecular weight is 792 g/mol. The molecule has 0 saturated heterocycles. The molecule has 1 saturated carbocycles. The second kappa shape index (κ2) is 30.6. The first kappa shape index (κ1) is 50.5. The van der Waals surface area contributed by atoms with Gasteiger partial charge in [0.15, 0.2) is 0 Å². The van der Waals surface area contributed by atoms with Gasteiger partial charge in [-0.1, -0.05) is 127 Å². The van der Waals surface area contributed by atoms with Crippen molar-refractivity contribution >= 4 is 13.7 Å². The van der Waals surface area contributed by atoms with Gasteiger partial charge < -0.3 is 46.0 Å². The van der Waals surface area contributed by atoms with Crippen LogP contribution < -0.4 is 5.32 Å². The number of nitrogens with one attached hydrogen (secondary N) is 1. The summed E-state index contributed by atoms with van der Waals surface area (Å²) in [5.74, 6) is -0.620. The van der Waals surface area contributed by atoms with Crippen molar-refractivity contribution in [3.05, 3.63) is 36.5 Å². The first-order chi connectivity index (χ1) is 25.8. The zero-order valence-corrected chi connectivity index (χ0v) is 33.8. The van der Waals surface area contributed by atoms with Gasteiger partial charge in [-0.3, -0.25) is 13.8 Å². The SMILES string of the molecule is CCCC/C=C\CCCCC(O)CC(=O)NC(COP(=O)(O)OC1C(O)C(O)C(O)C(O)C1O)C(O)/C=C/CC/C=C/CCCCCCCCCCCC. The summed E-state index contributed by atoms with van der Waals surface area (Å²) >= 11 is 0. The minimum Gasteiger partial charge on any atom is -0.393 e. The zero-order chi connectivity index (χ0) is 40.2. The third-order valence-corrected chi connectivity index (χ3v) is 10.7. The Bertz CT molecular complexity index is 1080. The molecule has 1 amide bonds. The molecule has 0 aromatic heterocycles. The number of allylic oxidation sites excluding steroid dienone is 5. The second-order valence-corrected chi connectivity index (χ2v) is 16.1. The number of hydrogen-bond acceptors (Lipinski definition) is 11. The van der Waals surface area contributed by atoms with Crippen molar-refractivity contribution in [1.82, 2.24) is 5.32 Å². The molecule has 0 aliphatic heterocycles. The van der Waals surface area contributed by atoms with E-state index < -0.39 is 75.2 Å². The van der Waals surface area contributed by atoms with Crippen molar-refractivity contribution in [1.29, 1.82) is 0 Å². The summed E-state index contributed by atoms with van der Waals surface area (Å²) in [6.45, 7) is 3.62. The van der Waals surface area contributed by atoms with Gasteiger partial charge in [0.25, 0.3) is 0 Å². The van der Waals surface area contributed by atoms with Gasteiger partial charge in [0.1, 0.15) is 36.6 Å². The molecule has 0 aromatic rings. The first-order valence-corrected chi connectivity index (χ1v) is 22.0. The number of unbranched alkanes of at least 4 members (excludes halogenated alkanes) is 15. The van der Waals surface area contributed by atoms with Crippen LogP contribution in [0.2, 0.25) is 0 Å². The van der Waals surface area contributed by atoms with Crippen LogP contribution in [-0.2, 0) is 18.4 Å². The van der Waals surface area contributed by atoms with Gasteiger partial charge in [0.05, 0.1) is 31.3 Å². The summed E-state index contributed by atoms with van der Waals surface area (Å²) in [6, 6.07) is -1.26. The van der Waals surface area contributed by atoms with Crippen LogP contribution in [-0.4, -0.2) is 108 Å². The van der Waals surface area contributed by atoms with Crippen molar-refractivity contribution in [2.75, 3.05) is 6.61 Å². The van der Waals surface area contributed by atoms with E-state index in [1.165, 1.54) is 63.9 Å². The lowest BCUT2D eigenvalue weighted by atomic mass is 9.85. The smallest absolute Gasteiger partial charge is 0.393 e. The van der Waals surface area contributed by atoms with Gasteiger partial charge in [0, 0.05) is 0 Å². The van der Waals surface area contributed by atoms with Gasteiger partial charge in [-0.15, -0.1) is 0 Å². The number of phosphoric acid groups is 1. The normalized spacial score (nSPS) is 25.0. The molecule has 8 atom stereocenters. The summed E-state index contributed by atoms with van der Waals surface area (Å²) in [6.07, 6.45) is 18.4. The van der Waals surface area contributed by atoms with Crippen LogP contribution in [0.25, 0.3) is 0 Å². The van der Waals surface area contributed by atoms with E-state index in [0.717, 1.165) is 51.4 Å². The quantitative estimate of drug-likeness (QED) is 0.0237. The highest BCUT2D eigenvalue weighted by Gasteiger charge is 2.51. The van der Waals surface area contributed by atoms with Crippen LogP contribution in [0.15, 0.2) is 36.5 Å². The average Bonchev–Trinajstić information content (AvgIpc) is 3.14. The van der Waals surface area contributed by atoms with Crippen LogP contribution in [0.3, 0.4) is 0 Å². The van der Waals surface area contributed by atoms with Gasteiger partial charge in [-0.2, -0.15) is 0 Å². The molecule has 14 heteroatoms. The molecular formula is C40H74NO12P. The third-order valence-electron chi connectivity index (χ3n) is 9.70. The van der Waals surface area contributed by atoms with E-state index in [9.17, 15) is 50.0 Å². The maximum Gasteiger partial charge on any atom is 0.472 e. The number of aliphatic hydroxyl groups is 7. The van der Waals surface area contributed by atoms with E-state index in [2.05, 4.69) is 43.5 Å². The Balaban J connectivity index is 2.66. The standard InChI is InChI=1S/C40H74NO12P/c1-3-5-7-9-11-13-14-15-16-17-18-19-20-22-24-26-28-33(43)32(41-34(44)29-31(42)27-25-23-21-12-10-8-6-4-2)30-52-54(50,51)53-40-38(48)36(46)35(45)37(47)39(40)49/h10,12,19-20,26,28,31-33,35-40,42-43,45-49H,3-9,11,13-18,21-25,27,29-30H2,1-2H3,(H,41,44)(H,50,51)/b12-10-,20-19+,28-26+. The molecule has 0 spiro atoms. The van der Waals surface area contributed by atoms with E-state index in [0.29, 0.717) is 19.3 Å². The molecule has 54 heavy (non-hydrogen) atoms. The summed E-state index contributed by atoms with van der Waals surface area (Å²) in [5, 5.41) is 74.0. The summed E-state index contributed by atoms with van der Waals surface area (Å²) in [4.78, 5) is 23.2. The van der Waals surface area contributed by atoms with Gasteiger partial charge in [-0.05, 0) is 51.4 Å². The predicted molar refractivity (Wildman–Crippen MR) is 210 cm³/mol. The van der Waals surface area contributed by atoms with E-state index in [1.807, 2.05) is 0 Å². The highest BCUT2D eigenvalue weighted by atomic mass is 31.2. The fourth-order valence-electron chi connectivity index (χ4n) is 6.23. The van der Waals surface area contributed by atoms with Crippen LogP contribution >= 0.6 is 7.82 Å². The molecule has 1 fully saturated rings. The lowest BCUT2D eigenvalue weighted by Crippen LogP contribution is -2.64. The maximum atomic E-state index is 12.9. The van der Waals surface area contributed by atoms with Crippen molar-refractivity contribution in [3.63, 3.8) is 0 Å². The van der Waals surface area contributed by atoms with Crippen molar-refractivity contribution in [2.24, 2.45) is 0 Å². The Kier molecular flexibility index (Phi) is 28.7. The first-order valence-electron chi connectivity index (χ1n) is 20.5. The third kappa shape index (κ3) is 22.9. The molecule has 0 radical (unpaired) electrons. The van der Waals surface area contributed by atoms with Crippen LogP contribution in [0.1, 0.15) is 149 Å². The number of carbonyl (C=O) groups is 1. The molecule has 1 aliphatic rings. The molecule has 316 valence electrons. The molecule has 1 aliphatic carbocycles. The Labute approximate surface area is 324 Å². The van der Waals surface area contributed by atoms with E-state index in [1.54, 1.807) is 6.08 Å². The molecule has 9 N–H and O–H groups in total. The van der Waals surface area contributed by atoms with Crippen LogP contribution in [0.4, 0.5) is 0 Å². The monoisotopic (exact) mass is 791 g/mol. The van der Waals surface area contributed by atoms with E-state index >= 15 is 0 Å². The molecule has 0 heterocycles. The zero-order valence-electron chi connectivity index (χ0n) is 32.9. The largest absolute Gasteiger partial charge is 0.472 e. The number of carbonyl (C=O) groups excluding carboxylic acids is 1. The Morgan fingerprint density at radius 3 is 1.69 bits per heavy atom. The van der Waals surface area contributed by atoms with Crippen LogP contribution in [0.5, 0.6) is 0 Å². The fraction of sp³-hybridized carbons (Fsp3) is 0.825. The molecule has 0 bridgehead atoms. The topological polar surface area (TPSA) is 226 Å². The second-order valence-electron chi connectivity index (χ2n) is 14.7. The Morgan fingerprint density at radius 1 is 0.648 bits per heavy atom. The summed E-state index contributed by atoms with van der Waals surface area (Å²) in [7, 11) is -5.14. The minimum absolute atomic E-state index is 0.269. The maximum absolute atomic E-state index is 12.9. The number of phosphoric ester groups is 1. The highest BCUT2D eigenvalue weighted by Crippen LogP contribution is 2.47. The lowest BCUT2D eigenvalue weighted by molar-refractivity contribution is -0.220. The lowest BCUT2D eigenvalue weighted by Gasteiger charge is -2.41. The molecule has 13 nitrogen and oxygen atoms in total. The van der Waals surface area contributed by atoms with E-state index in [4.69, 9.17) is 9.05 Å². The number of hydrogen-bond donors (Lipinski definition) is 9. The summed E-state index contributed by atoms with van der Waals surface area (Å²) in [5.41, 5.74) is 0. The number of aliphatic hydroxyl groups excluding tert-OH is 7. The summed E-state index contributed by atoms with van der Waals surface area (Å²) < 4.78 is 22.7. The van der Waals surface area contributed by atoms with Crippen molar-refractivity contribution < 1.29 is 59.0 Å². The Morgan fingerprint density at radius 2 is 1.11 bits per heavy atom. The van der Waals surface area contributed by atoms with Gasteiger partial charge >= 0.3 is 7.82 Å². The highest BCUT2D eigenvalue weighted by molar-refractivity contribution is 7.47. The number of amides is 1. The molecular weight excluding hydrogens is 717 g/mol. The van der Waals surface area contributed by atoms with Gasteiger partial charge in [-0.25, -0.2) is 4.57 Å². The Hall–Kier alpha value is -1.48. The van der Waals surface area contributed by atoms with Crippen molar-refractivity contribution in [2.45, 2.75) is 204 Å². The predicted octanol–water partition coefficient (Wildman–Crippen LogP) is 5.41. The molecule has 0 aromatic carbocycles. The van der Waals surface area contributed by atoms with Crippen LogP contribution in [0, 0.1) is 0 Å². The number of rotatable bonds is 32. The van der Waals surface area contributed by atoms with E-state index in [-0.39, 0.29) is 6.42 Å². The minimum atomic E-state index is -5.14. The van der Waals surface area contributed by atoms with Gasteiger partial charge in [0.2, 0.25) is 5.91 Å².